The van der Waals surface area contributed by atoms with Crippen molar-refractivity contribution < 1.29 is 10.1 Å². The normalized spacial score (nSPS) is 9.00. The van der Waals surface area contributed by atoms with E-state index in [-0.39, 0.29) is 0 Å². The molecule has 0 atom stereocenters. The molecule has 0 spiro atoms. The Labute approximate surface area is 38.5 Å². The van der Waals surface area contributed by atoms with Crippen LogP contribution >= 0.6 is 0 Å². The topological polar surface area (TPSA) is 25.8 Å². The molecule has 0 aliphatic carbocycles. The van der Waals surface area contributed by atoms with Crippen LogP contribution < -0.4 is 5.32 Å². The maximum absolute atomic E-state index is 4.93. The first kappa shape index (κ1) is 5.92. The third-order valence-corrected chi connectivity index (χ3v) is 0.489. The minimum absolute atomic E-state index is 0.788. The standard InChI is InChI=1S/C4H11NO/c1-3-6-4-5-2/h5H,3-4H2,1-2H3/p+1. The molecular weight excluding hydrogens is 78.0 g/mol. The second-order valence-electron chi connectivity index (χ2n) is 1.07. The van der Waals surface area contributed by atoms with Crippen LogP contribution in [0.1, 0.15) is 6.92 Å². The molecule has 0 fully saturated rings. The predicted molar refractivity (Wildman–Crippen MR) is 24.3 cm³/mol. The van der Waals surface area contributed by atoms with Gasteiger partial charge in [-0.2, -0.15) is 0 Å². The van der Waals surface area contributed by atoms with E-state index in [9.17, 15) is 0 Å². The molecule has 2 nitrogen and oxygen atoms in total. The van der Waals surface area contributed by atoms with Crippen molar-refractivity contribution in [2.45, 2.75) is 6.92 Å². The van der Waals surface area contributed by atoms with E-state index in [2.05, 4.69) is 0 Å². The molecule has 6 heavy (non-hydrogen) atoms. The van der Waals surface area contributed by atoms with Crippen LogP contribution in [0.5, 0.6) is 0 Å². The van der Waals surface area contributed by atoms with Crippen LogP contribution in [0.4, 0.5) is 0 Å². The van der Waals surface area contributed by atoms with Crippen molar-refractivity contribution in [2.24, 2.45) is 0 Å². The molecule has 0 amide bonds. The molecule has 0 unspecified atom stereocenters. The van der Waals surface area contributed by atoms with Gasteiger partial charge in [0.25, 0.3) is 0 Å². The molecule has 0 saturated heterocycles. The predicted octanol–water partition coefficient (Wildman–Crippen LogP) is -0.826. The molecule has 2 N–H and O–H groups in total. The summed E-state index contributed by atoms with van der Waals surface area (Å²) in [5, 5.41) is 1.99. The van der Waals surface area contributed by atoms with Crippen LogP contribution in [-0.2, 0) is 4.74 Å². The van der Waals surface area contributed by atoms with Gasteiger partial charge in [0.1, 0.15) is 0 Å². The minimum atomic E-state index is 0.788. The largest absolute Gasteiger partial charge is 0.332 e. The van der Waals surface area contributed by atoms with Crippen molar-refractivity contribution in [3.05, 3.63) is 0 Å². The zero-order valence-corrected chi connectivity index (χ0v) is 4.40. The lowest BCUT2D eigenvalue weighted by atomic mass is 10.9. The van der Waals surface area contributed by atoms with Gasteiger partial charge in [-0.05, 0) is 6.92 Å². The first-order valence-corrected chi connectivity index (χ1v) is 2.27. The lowest BCUT2D eigenvalue weighted by Gasteiger charge is -1.90. The average molecular weight is 90.1 g/mol. The highest BCUT2D eigenvalue weighted by molar-refractivity contribution is 3.98. The Morgan fingerprint density at radius 1 is 1.67 bits per heavy atom. The smallest absolute Gasteiger partial charge is 0.179 e. The molecule has 0 rings (SSSR count). The number of hydrogen-bond acceptors (Lipinski definition) is 1. The van der Waals surface area contributed by atoms with E-state index in [1.165, 1.54) is 0 Å². The highest BCUT2D eigenvalue weighted by atomic mass is 16.5. The van der Waals surface area contributed by atoms with Gasteiger partial charge in [-0.1, -0.05) is 0 Å². The zero-order chi connectivity index (χ0) is 4.83. The fourth-order valence-corrected chi connectivity index (χ4v) is 0.236. The molecule has 2 heteroatoms. The molecule has 0 aliphatic heterocycles. The number of quaternary nitrogens is 1. The maximum Gasteiger partial charge on any atom is 0.179 e. The van der Waals surface area contributed by atoms with Gasteiger partial charge in [-0.25, -0.2) is 0 Å². The van der Waals surface area contributed by atoms with Crippen molar-refractivity contribution in [3.63, 3.8) is 0 Å². The van der Waals surface area contributed by atoms with Gasteiger partial charge in [0.05, 0.1) is 7.05 Å². The summed E-state index contributed by atoms with van der Waals surface area (Å²) in [6.45, 7) is 3.60. The average Bonchev–Trinajstić information content (AvgIpc) is 1.61. The molecule has 0 aromatic rings. The van der Waals surface area contributed by atoms with Crippen LogP contribution in [0.15, 0.2) is 0 Å². The molecule has 0 aliphatic rings. The molecule has 0 radical (unpaired) electrons. The third kappa shape index (κ3) is 3.92. The van der Waals surface area contributed by atoms with E-state index in [4.69, 9.17) is 4.74 Å². The van der Waals surface area contributed by atoms with Gasteiger partial charge in [0.15, 0.2) is 6.73 Å². The Bertz CT molecular complexity index is 19.5. The molecular formula is C4H12NO+. The van der Waals surface area contributed by atoms with Gasteiger partial charge in [0.2, 0.25) is 0 Å². The number of ether oxygens (including phenoxy) is 1. The highest BCUT2D eigenvalue weighted by Crippen LogP contribution is 1.57. The Hall–Kier alpha value is -0.0800. The summed E-state index contributed by atoms with van der Waals surface area (Å²) in [6, 6.07) is 0. The van der Waals surface area contributed by atoms with Gasteiger partial charge < -0.3 is 10.1 Å². The van der Waals surface area contributed by atoms with E-state index in [0.717, 1.165) is 13.3 Å². The van der Waals surface area contributed by atoms with Crippen molar-refractivity contribution >= 4 is 0 Å². The highest BCUT2D eigenvalue weighted by Gasteiger charge is 1.73. The van der Waals surface area contributed by atoms with E-state index in [0.29, 0.717) is 0 Å². The molecule has 0 saturated carbocycles. The lowest BCUT2D eigenvalue weighted by molar-refractivity contribution is -0.661. The van der Waals surface area contributed by atoms with Crippen molar-refractivity contribution in [1.82, 2.24) is 0 Å². The summed E-state index contributed by atoms with van der Waals surface area (Å²) < 4.78 is 4.93. The second-order valence-corrected chi connectivity index (χ2v) is 1.07. The van der Waals surface area contributed by atoms with Crippen molar-refractivity contribution in [3.8, 4) is 0 Å². The molecule has 0 heterocycles. The molecule has 38 valence electrons. The fourth-order valence-electron chi connectivity index (χ4n) is 0.236. The van der Waals surface area contributed by atoms with Gasteiger partial charge >= 0.3 is 0 Å². The summed E-state index contributed by atoms with van der Waals surface area (Å²) in [7, 11) is 1.98. The van der Waals surface area contributed by atoms with Crippen molar-refractivity contribution in [1.29, 1.82) is 0 Å². The van der Waals surface area contributed by atoms with Crippen LogP contribution in [-0.4, -0.2) is 20.4 Å². The van der Waals surface area contributed by atoms with E-state index in [1.54, 1.807) is 0 Å². The molecule has 0 bridgehead atoms. The molecule has 0 aromatic heterocycles. The number of hydrogen-bond donors (Lipinski definition) is 1. The first-order chi connectivity index (χ1) is 2.91. The van der Waals surface area contributed by atoms with Crippen LogP contribution in [0.25, 0.3) is 0 Å². The molecule has 0 aromatic carbocycles. The monoisotopic (exact) mass is 90.1 g/mol. The SMILES string of the molecule is CCOC[NH2+]C. The Morgan fingerprint density at radius 2 is 2.33 bits per heavy atom. The Balaban J connectivity index is 2.34. The van der Waals surface area contributed by atoms with Crippen LogP contribution in [0.3, 0.4) is 0 Å². The number of rotatable bonds is 3. The Morgan fingerprint density at radius 3 is 2.50 bits per heavy atom. The van der Waals surface area contributed by atoms with Gasteiger partial charge in [-0.3, -0.25) is 0 Å². The summed E-state index contributed by atoms with van der Waals surface area (Å²) >= 11 is 0. The first-order valence-electron chi connectivity index (χ1n) is 2.27. The van der Waals surface area contributed by atoms with Crippen LogP contribution in [0.2, 0.25) is 0 Å². The summed E-state index contributed by atoms with van der Waals surface area (Å²) in [4.78, 5) is 0. The summed E-state index contributed by atoms with van der Waals surface area (Å²) in [5.41, 5.74) is 0. The Kier molecular flexibility index (Phi) is 4.85. The minimum Gasteiger partial charge on any atom is -0.332 e. The summed E-state index contributed by atoms with van der Waals surface area (Å²) in [5.74, 6) is 0. The zero-order valence-electron chi connectivity index (χ0n) is 4.40. The third-order valence-electron chi connectivity index (χ3n) is 0.489. The fraction of sp³-hybridized carbons (Fsp3) is 1.00. The maximum atomic E-state index is 4.93. The van der Waals surface area contributed by atoms with E-state index in [1.807, 2.05) is 19.3 Å². The van der Waals surface area contributed by atoms with Crippen LogP contribution in [0, 0.1) is 0 Å². The van der Waals surface area contributed by atoms with Gasteiger partial charge in [0, 0.05) is 6.61 Å². The number of nitrogens with two attached hydrogens (primary N) is 1. The summed E-state index contributed by atoms with van der Waals surface area (Å²) in [6.07, 6.45) is 0. The van der Waals surface area contributed by atoms with E-state index >= 15 is 0 Å². The quantitative estimate of drug-likeness (QED) is 0.355. The van der Waals surface area contributed by atoms with Crippen molar-refractivity contribution in [2.75, 3.05) is 20.4 Å². The van der Waals surface area contributed by atoms with E-state index < -0.39 is 0 Å². The second kappa shape index (κ2) is 4.92. The van der Waals surface area contributed by atoms with Gasteiger partial charge in [-0.15, -0.1) is 0 Å². The lowest BCUT2D eigenvalue weighted by Crippen LogP contribution is -2.80.